The summed E-state index contributed by atoms with van der Waals surface area (Å²) in [6.07, 6.45) is 2.87. The topological polar surface area (TPSA) is 97.0 Å². The fraction of sp³-hybridized carbons (Fsp3) is 0.450. The fourth-order valence-corrected chi connectivity index (χ4v) is 3.36. The number of nitrogens with zero attached hydrogens (tertiary/aromatic N) is 1. The number of ketones is 1. The molecule has 0 bridgehead atoms. The Balaban J connectivity index is 1.47. The number of urea groups is 1. The number of hydrogen-bond acceptors (Lipinski definition) is 6. The smallest absolute Gasteiger partial charge is 0.321 e. The lowest BCUT2D eigenvalue weighted by Crippen LogP contribution is -2.46. The summed E-state index contributed by atoms with van der Waals surface area (Å²) in [6, 6.07) is 4.77. The van der Waals surface area contributed by atoms with E-state index >= 15 is 0 Å². The highest BCUT2D eigenvalue weighted by atomic mass is 16.6. The van der Waals surface area contributed by atoms with E-state index in [1.165, 1.54) is 6.08 Å². The molecule has 1 aromatic carbocycles. The lowest BCUT2D eigenvalue weighted by atomic mass is 9.88. The predicted molar refractivity (Wildman–Crippen MR) is 103 cm³/mol. The van der Waals surface area contributed by atoms with Gasteiger partial charge in [0.1, 0.15) is 13.2 Å². The van der Waals surface area contributed by atoms with Gasteiger partial charge in [0.05, 0.1) is 6.54 Å². The molecule has 1 saturated heterocycles. The van der Waals surface area contributed by atoms with E-state index in [2.05, 4.69) is 17.2 Å². The fourth-order valence-electron chi connectivity index (χ4n) is 3.36. The molecule has 0 radical (unpaired) electrons. The van der Waals surface area contributed by atoms with Crippen molar-refractivity contribution >= 4 is 17.7 Å². The zero-order chi connectivity index (χ0) is 19.9. The van der Waals surface area contributed by atoms with Gasteiger partial charge in [-0.2, -0.15) is 0 Å². The average molecular weight is 387 g/mol. The number of carbonyl (C=O) groups excluding carboxylic acids is 3. The largest absolute Gasteiger partial charge is 0.486 e. The van der Waals surface area contributed by atoms with Gasteiger partial charge in [-0.3, -0.25) is 19.8 Å². The number of ether oxygens (including phenoxy) is 2. The SMILES string of the molecule is C=CCNC(=O)NC(=O)CN1CCC(C(=O)c2ccc3c(c2)OCCO3)CC1. The number of rotatable bonds is 6. The summed E-state index contributed by atoms with van der Waals surface area (Å²) in [7, 11) is 0. The van der Waals surface area contributed by atoms with Crippen molar-refractivity contribution in [1.82, 2.24) is 15.5 Å². The summed E-state index contributed by atoms with van der Waals surface area (Å²) in [6.45, 7) is 6.18. The summed E-state index contributed by atoms with van der Waals surface area (Å²) in [5.74, 6) is 0.919. The van der Waals surface area contributed by atoms with E-state index in [4.69, 9.17) is 9.47 Å². The van der Waals surface area contributed by atoms with Crippen LogP contribution in [0.2, 0.25) is 0 Å². The highest BCUT2D eigenvalue weighted by molar-refractivity contribution is 5.98. The average Bonchev–Trinajstić information content (AvgIpc) is 2.71. The number of imide groups is 1. The molecular weight excluding hydrogens is 362 g/mol. The van der Waals surface area contributed by atoms with Crippen LogP contribution < -0.4 is 20.1 Å². The standard InChI is InChI=1S/C20H25N3O5/c1-2-7-21-20(26)22-18(24)13-23-8-5-14(6-9-23)19(25)15-3-4-16-17(12-15)28-11-10-27-16/h2-4,12,14H,1,5-11,13H2,(H2,21,22,24,26). The summed E-state index contributed by atoms with van der Waals surface area (Å²) in [5.41, 5.74) is 0.624. The molecule has 2 N–H and O–H groups in total. The predicted octanol–water partition coefficient (Wildman–Crippen LogP) is 1.36. The first-order valence-corrected chi connectivity index (χ1v) is 9.41. The van der Waals surface area contributed by atoms with Crippen molar-refractivity contribution in [2.45, 2.75) is 12.8 Å². The Hall–Kier alpha value is -2.87. The van der Waals surface area contributed by atoms with Gasteiger partial charge >= 0.3 is 6.03 Å². The van der Waals surface area contributed by atoms with Crippen LogP contribution in [0.5, 0.6) is 11.5 Å². The monoisotopic (exact) mass is 387 g/mol. The quantitative estimate of drug-likeness (QED) is 0.565. The molecule has 0 atom stereocenters. The number of likely N-dealkylation sites (tertiary alicyclic amines) is 1. The minimum Gasteiger partial charge on any atom is -0.486 e. The van der Waals surface area contributed by atoms with Crippen LogP contribution in [0.1, 0.15) is 23.2 Å². The number of amides is 3. The van der Waals surface area contributed by atoms with Crippen LogP contribution in [0.4, 0.5) is 4.79 Å². The lowest BCUT2D eigenvalue weighted by molar-refractivity contribution is -0.121. The van der Waals surface area contributed by atoms with Crippen LogP contribution in [0.3, 0.4) is 0 Å². The highest BCUT2D eigenvalue weighted by Gasteiger charge is 2.27. The van der Waals surface area contributed by atoms with Gasteiger partial charge in [0.25, 0.3) is 0 Å². The number of carbonyl (C=O) groups is 3. The molecule has 28 heavy (non-hydrogen) atoms. The van der Waals surface area contributed by atoms with Crippen LogP contribution >= 0.6 is 0 Å². The second-order valence-corrected chi connectivity index (χ2v) is 6.82. The Morgan fingerprint density at radius 3 is 2.57 bits per heavy atom. The van der Waals surface area contributed by atoms with Crippen LogP contribution in [0.25, 0.3) is 0 Å². The zero-order valence-electron chi connectivity index (χ0n) is 15.7. The molecule has 2 heterocycles. The summed E-state index contributed by atoms with van der Waals surface area (Å²) >= 11 is 0. The molecule has 0 saturated carbocycles. The Morgan fingerprint density at radius 1 is 1.14 bits per heavy atom. The van der Waals surface area contributed by atoms with E-state index in [1.807, 2.05) is 4.90 Å². The van der Waals surface area contributed by atoms with E-state index in [-0.39, 0.29) is 24.2 Å². The normalized spacial score (nSPS) is 16.9. The van der Waals surface area contributed by atoms with E-state index in [0.29, 0.717) is 62.8 Å². The van der Waals surface area contributed by atoms with Crippen molar-refractivity contribution in [2.24, 2.45) is 5.92 Å². The van der Waals surface area contributed by atoms with Gasteiger partial charge < -0.3 is 14.8 Å². The Morgan fingerprint density at radius 2 is 1.86 bits per heavy atom. The number of benzene rings is 1. The molecular formula is C20H25N3O5. The van der Waals surface area contributed by atoms with E-state index in [1.54, 1.807) is 18.2 Å². The maximum Gasteiger partial charge on any atom is 0.321 e. The summed E-state index contributed by atoms with van der Waals surface area (Å²) < 4.78 is 11.0. The van der Waals surface area contributed by atoms with Gasteiger partial charge in [-0.25, -0.2) is 4.79 Å². The Bertz CT molecular complexity index is 756. The molecule has 0 aliphatic carbocycles. The molecule has 0 aromatic heterocycles. The number of piperidine rings is 1. The van der Waals surface area contributed by atoms with E-state index in [0.717, 1.165) is 0 Å². The molecule has 8 nitrogen and oxygen atoms in total. The molecule has 3 rings (SSSR count). The first-order chi connectivity index (χ1) is 13.6. The van der Waals surface area contributed by atoms with Crippen molar-refractivity contribution in [3.63, 3.8) is 0 Å². The lowest BCUT2D eigenvalue weighted by Gasteiger charge is -2.30. The van der Waals surface area contributed by atoms with Gasteiger partial charge in [0.15, 0.2) is 17.3 Å². The van der Waals surface area contributed by atoms with Crippen LogP contribution in [-0.4, -0.2) is 62.0 Å². The van der Waals surface area contributed by atoms with Gasteiger partial charge in [-0.05, 0) is 44.1 Å². The van der Waals surface area contributed by atoms with Crippen molar-refractivity contribution in [3.8, 4) is 11.5 Å². The second-order valence-electron chi connectivity index (χ2n) is 6.82. The van der Waals surface area contributed by atoms with Crippen LogP contribution in [0, 0.1) is 5.92 Å². The molecule has 2 aliphatic rings. The third-order valence-corrected chi connectivity index (χ3v) is 4.81. The minimum absolute atomic E-state index is 0.0854. The molecule has 1 aromatic rings. The Labute approximate surface area is 163 Å². The molecule has 1 fully saturated rings. The van der Waals surface area contributed by atoms with Crippen molar-refractivity contribution in [1.29, 1.82) is 0 Å². The maximum absolute atomic E-state index is 12.8. The minimum atomic E-state index is -0.534. The molecule has 8 heteroatoms. The summed E-state index contributed by atoms with van der Waals surface area (Å²) in [4.78, 5) is 38.2. The van der Waals surface area contributed by atoms with Crippen LogP contribution in [0.15, 0.2) is 30.9 Å². The number of fused-ring (bicyclic) bond motifs is 1. The first-order valence-electron chi connectivity index (χ1n) is 9.41. The highest BCUT2D eigenvalue weighted by Crippen LogP contribution is 2.32. The van der Waals surface area contributed by atoms with Crippen molar-refractivity contribution in [3.05, 3.63) is 36.4 Å². The first kappa shape index (κ1) is 19.9. The Kier molecular flexibility index (Phi) is 6.65. The van der Waals surface area contributed by atoms with Crippen molar-refractivity contribution < 1.29 is 23.9 Å². The number of Topliss-reactive ketones (excluding diaryl/α,β-unsaturated/α-hetero) is 1. The third-order valence-electron chi connectivity index (χ3n) is 4.81. The molecule has 0 spiro atoms. The van der Waals surface area contributed by atoms with Gasteiger partial charge in [-0.1, -0.05) is 6.08 Å². The van der Waals surface area contributed by atoms with Crippen LogP contribution in [-0.2, 0) is 4.79 Å². The third kappa shape index (κ3) is 5.10. The second kappa shape index (κ2) is 9.36. The van der Waals surface area contributed by atoms with Gasteiger partial charge in [0, 0.05) is 18.0 Å². The number of nitrogens with one attached hydrogen (secondary N) is 2. The molecule has 0 unspecified atom stereocenters. The summed E-state index contributed by atoms with van der Waals surface area (Å²) in [5, 5.41) is 4.77. The number of hydrogen-bond donors (Lipinski definition) is 2. The maximum atomic E-state index is 12.8. The van der Waals surface area contributed by atoms with E-state index in [9.17, 15) is 14.4 Å². The van der Waals surface area contributed by atoms with E-state index < -0.39 is 6.03 Å². The van der Waals surface area contributed by atoms with Gasteiger partial charge in [0.2, 0.25) is 5.91 Å². The van der Waals surface area contributed by atoms with Crippen molar-refractivity contribution in [2.75, 3.05) is 39.4 Å². The molecule has 2 aliphatic heterocycles. The molecule has 150 valence electrons. The van der Waals surface area contributed by atoms with Gasteiger partial charge in [-0.15, -0.1) is 6.58 Å². The zero-order valence-corrected chi connectivity index (χ0v) is 15.7. The molecule has 3 amide bonds.